The molecule has 1 atom stereocenters. The van der Waals surface area contributed by atoms with Crippen molar-refractivity contribution in [2.75, 3.05) is 26.3 Å². The largest absolute Gasteiger partial charge is 0.481 e. The zero-order valence-electron chi connectivity index (χ0n) is 13.4. The van der Waals surface area contributed by atoms with Crippen LogP contribution in [0.25, 0.3) is 0 Å². The summed E-state index contributed by atoms with van der Waals surface area (Å²) in [6.45, 7) is 2.94. The van der Waals surface area contributed by atoms with Gasteiger partial charge in [-0.25, -0.2) is 4.79 Å². The van der Waals surface area contributed by atoms with Crippen molar-refractivity contribution in [3.8, 4) is 0 Å². The van der Waals surface area contributed by atoms with Gasteiger partial charge in [-0.05, 0) is 33.6 Å². The lowest BCUT2D eigenvalue weighted by molar-refractivity contribution is -0.189. The number of carbonyl (C=O) groups excluding carboxylic acids is 1. The first-order valence-corrected chi connectivity index (χ1v) is 7.20. The van der Waals surface area contributed by atoms with Crippen molar-refractivity contribution in [1.29, 1.82) is 0 Å². The highest BCUT2D eigenvalue weighted by Gasteiger charge is 2.45. The molecular formula is C14H22F3NO5. The second-order valence-electron chi connectivity index (χ2n) is 6.70. The van der Waals surface area contributed by atoms with Crippen molar-refractivity contribution in [3.63, 3.8) is 0 Å². The molecule has 0 aromatic rings. The van der Waals surface area contributed by atoms with E-state index in [-0.39, 0.29) is 13.0 Å². The Balaban J connectivity index is 2.76. The molecule has 0 aliphatic carbocycles. The number of ether oxygens (including phenoxy) is 2. The van der Waals surface area contributed by atoms with Gasteiger partial charge in [0.15, 0.2) is 0 Å². The Bertz CT molecular complexity index is 447. The van der Waals surface area contributed by atoms with Gasteiger partial charge in [0, 0.05) is 13.1 Å². The van der Waals surface area contributed by atoms with Gasteiger partial charge < -0.3 is 19.5 Å². The molecule has 0 bridgehead atoms. The fraction of sp³-hybridized carbons (Fsp3) is 0.857. The minimum Gasteiger partial charge on any atom is -0.481 e. The molecule has 0 aromatic heterocycles. The number of rotatable bonds is 4. The van der Waals surface area contributed by atoms with Gasteiger partial charge >= 0.3 is 18.2 Å². The number of hydrogen-bond donors (Lipinski definition) is 1. The van der Waals surface area contributed by atoms with E-state index >= 15 is 0 Å². The summed E-state index contributed by atoms with van der Waals surface area (Å²) in [7, 11) is 0. The zero-order chi connectivity index (χ0) is 17.9. The van der Waals surface area contributed by atoms with Gasteiger partial charge in [0.1, 0.15) is 17.6 Å². The fourth-order valence-electron chi connectivity index (χ4n) is 2.33. The molecule has 0 aromatic carbocycles. The van der Waals surface area contributed by atoms with Gasteiger partial charge in [-0.3, -0.25) is 4.79 Å². The van der Waals surface area contributed by atoms with Crippen LogP contribution in [0.5, 0.6) is 0 Å². The average molecular weight is 341 g/mol. The van der Waals surface area contributed by atoms with Crippen LogP contribution in [0.3, 0.4) is 0 Å². The Morgan fingerprint density at radius 3 is 2.35 bits per heavy atom. The van der Waals surface area contributed by atoms with Crippen molar-refractivity contribution < 1.29 is 37.3 Å². The van der Waals surface area contributed by atoms with Crippen LogP contribution in [-0.4, -0.2) is 60.1 Å². The van der Waals surface area contributed by atoms with Crippen LogP contribution in [0.4, 0.5) is 18.0 Å². The van der Waals surface area contributed by atoms with Gasteiger partial charge in [-0.15, -0.1) is 0 Å². The normalized spacial score (nSPS) is 22.8. The van der Waals surface area contributed by atoms with Crippen LogP contribution in [0, 0.1) is 5.41 Å². The van der Waals surface area contributed by atoms with E-state index in [2.05, 4.69) is 4.74 Å². The number of halogens is 3. The molecule has 0 saturated carbocycles. The number of amides is 1. The SMILES string of the molecule is CC(C)(C)OC(=O)N1CCCC(COCC(F)(F)F)(C(=O)O)C1. The lowest BCUT2D eigenvalue weighted by Crippen LogP contribution is -2.53. The summed E-state index contributed by atoms with van der Waals surface area (Å²) in [6, 6.07) is 0. The highest BCUT2D eigenvalue weighted by molar-refractivity contribution is 5.77. The van der Waals surface area contributed by atoms with Crippen molar-refractivity contribution in [1.82, 2.24) is 4.90 Å². The van der Waals surface area contributed by atoms with Crippen LogP contribution in [0.2, 0.25) is 0 Å². The molecule has 0 spiro atoms. The van der Waals surface area contributed by atoms with E-state index < -0.39 is 42.5 Å². The Morgan fingerprint density at radius 2 is 1.87 bits per heavy atom. The van der Waals surface area contributed by atoms with Crippen molar-refractivity contribution >= 4 is 12.1 Å². The monoisotopic (exact) mass is 341 g/mol. The topological polar surface area (TPSA) is 76.1 Å². The molecule has 1 heterocycles. The van der Waals surface area contributed by atoms with Gasteiger partial charge in [-0.2, -0.15) is 13.2 Å². The fourth-order valence-corrected chi connectivity index (χ4v) is 2.33. The molecule has 1 aliphatic heterocycles. The van der Waals surface area contributed by atoms with Crippen LogP contribution in [0.1, 0.15) is 33.6 Å². The van der Waals surface area contributed by atoms with Crippen molar-refractivity contribution in [3.05, 3.63) is 0 Å². The summed E-state index contributed by atoms with van der Waals surface area (Å²) in [5.41, 5.74) is -2.30. The highest BCUT2D eigenvalue weighted by atomic mass is 19.4. The minimum absolute atomic E-state index is 0.138. The van der Waals surface area contributed by atoms with E-state index in [0.29, 0.717) is 13.0 Å². The smallest absolute Gasteiger partial charge is 0.411 e. The molecule has 9 heteroatoms. The molecule has 6 nitrogen and oxygen atoms in total. The van der Waals surface area contributed by atoms with Crippen LogP contribution in [0.15, 0.2) is 0 Å². The highest BCUT2D eigenvalue weighted by Crippen LogP contribution is 2.32. The Hall–Kier alpha value is -1.51. The molecule has 1 unspecified atom stereocenters. The van der Waals surface area contributed by atoms with E-state index in [9.17, 15) is 27.9 Å². The molecule has 23 heavy (non-hydrogen) atoms. The van der Waals surface area contributed by atoms with E-state index in [4.69, 9.17) is 4.74 Å². The quantitative estimate of drug-likeness (QED) is 0.851. The standard InChI is InChI=1S/C14H22F3NO5/c1-12(2,3)23-11(21)18-6-4-5-13(7-18,10(19)20)8-22-9-14(15,16)17/h4-9H2,1-3H3,(H,19,20). The minimum atomic E-state index is -4.53. The van der Waals surface area contributed by atoms with E-state index in [1.807, 2.05) is 0 Å². The van der Waals surface area contributed by atoms with Crippen LogP contribution in [-0.2, 0) is 14.3 Å². The summed E-state index contributed by atoms with van der Waals surface area (Å²) in [5.74, 6) is -1.28. The second-order valence-corrected chi connectivity index (χ2v) is 6.70. The molecule has 1 rings (SSSR count). The van der Waals surface area contributed by atoms with Crippen LogP contribution < -0.4 is 0 Å². The first-order valence-electron chi connectivity index (χ1n) is 7.20. The first kappa shape index (κ1) is 19.5. The lowest BCUT2D eigenvalue weighted by atomic mass is 9.80. The maximum atomic E-state index is 12.2. The lowest BCUT2D eigenvalue weighted by Gasteiger charge is -2.40. The number of likely N-dealkylation sites (tertiary alicyclic amines) is 1. The number of piperidine rings is 1. The van der Waals surface area contributed by atoms with Crippen LogP contribution >= 0.6 is 0 Å². The first-order chi connectivity index (χ1) is 10.3. The maximum Gasteiger partial charge on any atom is 0.411 e. The van der Waals surface area contributed by atoms with Gasteiger partial charge in [0.25, 0.3) is 0 Å². The summed E-state index contributed by atoms with van der Waals surface area (Å²) in [6.07, 6.45) is -4.72. The molecule has 1 aliphatic rings. The summed E-state index contributed by atoms with van der Waals surface area (Å²) >= 11 is 0. The molecule has 1 N–H and O–H groups in total. The second kappa shape index (κ2) is 6.94. The Morgan fingerprint density at radius 1 is 1.26 bits per heavy atom. The number of nitrogens with zero attached hydrogens (tertiary/aromatic N) is 1. The van der Waals surface area contributed by atoms with E-state index in [1.165, 1.54) is 4.90 Å². The molecule has 1 saturated heterocycles. The third-order valence-corrected chi connectivity index (χ3v) is 3.33. The summed E-state index contributed by atoms with van der Waals surface area (Å²) in [4.78, 5) is 24.8. The number of hydrogen-bond acceptors (Lipinski definition) is 4. The number of alkyl halides is 3. The van der Waals surface area contributed by atoms with Crippen molar-refractivity contribution in [2.45, 2.75) is 45.4 Å². The predicted octanol–water partition coefficient (Wildman–Crippen LogP) is 2.67. The van der Waals surface area contributed by atoms with Gasteiger partial charge in [-0.1, -0.05) is 0 Å². The molecular weight excluding hydrogens is 319 g/mol. The number of aliphatic carboxylic acids is 1. The summed E-state index contributed by atoms with van der Waals surface area (Å²) in [5, 5.41) is 9.41. The third-order valence-electron chi connectivity index (χ3n) is 3.33. The summed E-state index contributed by atoms with van der Waals surface area (Å²) < 4.78 is 46.2. The number of carboxylic acids is 1. The number of carbonyl (C=O) groups is 2. The zero-order valence-corrected chi connectivity index (χ0v) is 13.4. The molecule has 134 valence electrons. The Labute approximate surface area is 132 Å². The van der Waals surface area contributed by atoms with E-state index in [1.54, 1.807) is 20.8 Å². The van der Waals surface area contributed by atoms with Gasteiger partial charge in [0.05, 0.1) is 6.61 Å². The predicted molar refractivity (Wildman–Crippen MR) is 74.0 cm³/mol. The van der Waals surface area contributed by atoms with Gasteiger partial charge in [0.2, 0.25) is 0 Å². The van der Waals surface area contributed by atoms with E-state index in [0.717, 1.165) is 0 Å². The molecule has 1 amide bonds. The molecule has 1 fully saturated rings. The number of carboxylic acid groups (broad SMARTS) is 1. The maximum absolute atomic E-state index is 12.2. The van der Waals surface area contributed by atoms with Crippen molar-refractivity contribution in [2.24, 2.45) is 5.41 Å². The average Bonchev–Trinajstić information content (AvgIpc) is 2.35. The third kappa shape index (κ3) is 6.25. The Kier molecular flexibility index (Phi) is 5.89. The molecule has 0 radical (unpaired) electrons.